The van der Waals surface area contributed by atoms with Crippen molar-refractivity contribution in [2.24, 2.45) is 5.92 Å². The van der Waals surface area contributed by atoms with Crippen LogP contribution in [0.5, 0.6) is 0 Å². The van der Waals surface area contributed by atoms with Crippen molar-refractivity contribution in [2.45, 2.75) is 31.7 Å². The second-order valence-electron chi connectivity index (χ2n) is 9.38. The molecule has 7 heteroatoms. The number of carbonyl (C=O) groups excluding carboxylic acids is 2. The Morgan fingerprint density at radius 1 is 0.839 bits per heavy atom. The van der Waals surface area contributed by atoms with Crippen LogP contribution in [0.25, 0.3) is 0 Å². The number of piperazine rings is 1. The summed E-state index contributed by atoms with van der Waals surface area (Å²) in [4.78, 5) is 36.0. The maximum absolute atomic E-state index is 13.2. The average molecular weight is 428 g/mol. The highest BCUT2D eigenvalue weighted by Gasteiger charge is 2.34. The van der Waals surface area contributed by atoms with Gasteiger partial charge in [-0.15, -0.1) is 0 Å². The third-order valence-corrected chi connectivity index (χ3v) is 7.16. The molecule has 0 aliphatic carbocycles. The normalized spacial score (nSPS) is 23.7. The number of amides is 3. The van der Waals surface area contributed by atoms with Gasteiger partial charge in [0.1, 0.15) is 0 Å². The van der Waals surface area contributed by atoms with Gasteiger partial charge in [0.2, 0.25) is 5.91 Å². The minimum Gasteiger partial charge on any atom is -0.369 e. The second kappa shape index (κ2) is 9.90. The van der Waals surface area contributed by atoms with E-state index in [1.807, 2.05) is 4.90 Å². The Morgan fingerprint density at radius 2 is 1.52 bits per heavy atom. The van der Waals surface area contributed by atoms with Gasteiger partial charge in [0.25, 0.3) is 0 Å². The molecule has 3 fully saturated rings. The zero-order chi connectivity index (χ0) is 21.8. The molecular formula is C24H37N5O2. The monoisotopic (exact) mass is 427 g/mol. The van der Waals surface area contributed by atoms with Crippen molar-refractivity contribution in [1.82, 2.24) is 19.6 Å². The minimum atomic E-state index is 0.0542. The lowest BCUT2D eigenvalue weighted by molar-refractivity contribution is -0.139. The van der Waals surface area contributed by atoms with Crippen molar-refractivity contribution >= 4 is 17.6 Å². The number of anilines is 1. The van der Waals surface area contributed by atoms with Crippen molar-refractivity contribution < 1.29 is 9.59 Å². The highest BCUT2D eigenvalue weighted by atomic mass is 16.2. The van der Waals surface area contributed by atoms with Crippen molar-refractivity contribution in [3.8, 4) is 0 Å². The molecule has 0 bridgehead atoms. The number of nitrogens with zero attached hydrogens (tertiary/aromatic N) is 5. The summed E-state index contributed by atoms with van der Waals surface area (Å²) in [5.41, 5.74) is 1.31. The Morgan fingerprint density at radius 3 is 2.16 bits per heavy atom. The molecule has 1 aromatic rings. The van der Waals surface area contributed by atoms with Crippen molar-refractivity contribution in [3.63, 3.8) is 0 Å². The van der Waals surface area contributed by atoms with Crippen LogP contribution in [-0.4, -0.2) is 104 Å². The first-order valence-corrected chi connectivity index (χ1v) is 11.8. The van der Waals surface area contributed by atoms with Crippen LogP contribution in [0.15, 0.2) is 30.3 Å². The quantitative estimate of drug-likeness (QED) is 0.742. The number of rotatable bonds is 3. The zero-order valence-corrected chi connectivity index (χ0v) is 19.1. The van der Waals surface area contributed by atoms with E-state index in [9.17, 15) is 9.59 Å². The highest BCUT2D eigenvalue weighted by Crippen LogP contribution is 2.25. The van der Waals surface area contributed by atoms with Crippen LogP contribution in [0.2, 0.25) is 0 Å². The third-order valence-electron chi connectivity index (χ3n) is 7.16. The molecule has 4 rings (SSSR count). The van der Waals surface area contributed by atoms with Crippen LogP contribution >= 0.6 is 0 Å². The summed E-state index contributed by atoms with van der Waals surface area (Å²) in [6, 6.07) is 11.2. The minimum absolute atomic E-state index is 0.0542. The molecule has 1 atom stereocenters. The Kier molecular flexibility index (Phi) is 7.00. The van der Waals surface area contributed by atoms with Gasteiger partial charge in [-0.2, -0.15) is 0 Å². The molecule has 31 heavy (non-hydrogen) atoms. The van der Waals surface area contributed by atoms with Gasteiger partial charge in [-0.3, -0.25) is 9.69 Å². The molecule has 0 radical (unpaired) electrons. The van der Waals surface area contributed by atoms with E-state index in [4.69, 9.17) is 0 Å². The number of likely N-dealkylation sites (tertiary alicyclic amines) is 2. The number of hydrogen-bond acceptors (Lipinski definition) is 4. The maximum atomic E-state index is 13.2. The lowest BCUT2D eigenvalue weighted by Gasteiger charge is -2.45. The number of piperidine rings is 2. The molecule has 3 aliphatic heterocycles. The first-order chi connectivity index (χ1) is 15.0. The summed E-state index contributed by atoms with van der Waals surface area (Å²) in [7, 11) is 3.57. The van der Waals surface area contributed by atoms with Crippen LogP contribution in [0.4, 0.5) is 10.5 Å². The van der Waals surface area contributed by atoms with Crippen molar-refractivity contribution in [2.75, 3.05) is 71.4 Å². The summed E-state index contributed by atoms with van der Waals surface area (Å²) in [6.45, 7) is 7.34. The fraction of sp³-hybridized carbons (Fsp3) is 0.667. The molecule has 3 heterocycles. The first-order valence-electron chi connectivity index (χ1n) is 11.8. The van der Waals surface area contributed by atoms with Crippen LogP contribution in [-0.2, 0) is 4.79 Å². The standard InChI is InChI=1S/C24H37N5O2/c1-25(2)24(31)28-13-10-20(11-14-28)23(30)29-12-6-9-22(19-29)27-17-15-26(16-18-27)21-7-4-3-5-8-21/h3-5,7-8,20,22H,6,9-19H2,1-2H3/t22-/m0/s1. The zero-order valence-electron chi connectivity index (χ0n) is 19.1. The van der Waals surface area contributed by atoms with Crippen LogP contribution in [0.1, 0.15) is 25.7 Å². The molecular weight excluding hydrogens is 390 g/mol. The van der Waals surface area contributed by atoms with E-state index < -0.39 is 0 Å². The van der Waals surface area contributed by atoms with Gasteiger partial charge in [0.05, 0.1) is 0 Å². The van der Waals surface area contributed by atoms with E-state index in [2.05, 4.69) is 45.0 Å². The molecule has 3 aliphatic rings. The predicted molar refractivity (Wildman–Crippen MR) is 123 cm³/mol. The third kappa shape index (κ3) is 5.14. The van der Waals surface area contributed by atoms with Gasteiger partial charge in [0.15, 0.2) is 0 Å². The van der Waals surface area contributed by atoms with Gasteiger partial charge in [-0.05, 0) is 37.8 Å². The Labute approximate surface area is 186 Å². The van der Waals surface area contributed by atoms with Gasteiger partial charge in [-0.1, -0.05) is 18.2 Å². The van der Waals surface area contributed by atoms with Gasteiger partial charge >= 0.3 is 6.03 Å². The smallest absolute Gasteiger partial charge is 0.319 e. The van der Waals surface area contributed by atoms with Crippen LogP contribution in [0, 0.1) is 5.92 Å². The summed E-state index contributed by atoms with van der Waals surface area (Å²) < 4.78 is 0. The molecule has 0 aromatic heterocycles. The SMILES string of the molecule is CN(C)C(=O)N1CCC(C(=O)N2CCC[C@H](N3CCN(c4ccccc4)CC3)C2)CC1. The molecule has 0 N–H and O–H groups in total. The van der Waals surface area contributed by atoms with Crippen LogP contribution < -0.4 is 4.90 Å². The molecule has 3 saturated heterocycles. The van der Waals surface area contributed by atoms with E-state index >= 15 is 0 Å². The van der Waals surface area contributed by atoms with E-state index in [0.717, 1.165) is 58.5 Å². The van der Waals surface area contributed by atoms with E-state index in [1.54, 1.807) is 19.0 Å². The predicted octanol–water partition coefficient (Wildman–Crippen LogP) is 2.19. The molecule has 0 spiro atoms. The van der Waals surface area contributed by atoms with Gasteiger partial charge in [0, 0.05) is 84.1 Å². The Bertz CT molecular complexity index is 740. The molecule has 3 amide bonds. The van der Waals surface area contributed by atoms with E-state index in [1.165, 1.54) is 12.1 Å². The number of urea groups is 1. The number of hydrogen-bond donors (Lipinski definition) is 0. The van der Waals surface area contributed by atoms with Gasteiger partial charge < -0.3 is 19.6 Å². The fourth-order valence-electron chi connectivity index (χ4n) is 5.30. The van der Waals surface area contributed by atoms with Crippen LogP contribution in [0.3, 0.4) is 0 Å². The van der Waals surface area contributed by atoms with E-state index in [-0.39, 0.29) is 11.9 Å². The van der Waals surface area contributed by atoms with Crippen molar-refractivity contribution in [3.05, 3.63) is 30.3 Å². The number of carbonyl (C=O) groups is 2. The summed E-state index contributed by atoms with van der Waals surface area (Å²) in [5.74, 6) is 0.379. The maximum Gasteiger partial charge on any atom is 0.319 e. The lowest BCUT2D eigenvalue weighted by Crippen LogP contribution is -2.57. The largest absolute Gasteiger partial charge is 0.369 e. The average Bonchev–Trinajstić information content (AvgIpc) is 2.84. The van der Waals surface area contributed by atoms with E-state index in [0.29, 0.717) is 25.0 Å². The molecule has 0 saturated carbocycles. The second-order valence-corrected chi connectivity index (χ2v) is 9.38. The molecule has 170 valence electrons. The topological polar surface area (TPSA) is 50.3 Å². The summed E-state index contributed by atoms with van der Waals surface area (Å²) >= 11 is 0. The molecule has 1 aromatic carbocycles. The Balaban J connectivity index is 1.26. The molecule has 0 unspecified atom stereocenters. The Hall–Kier alpha value is -2.28. The summed E-state index contributed by atoms with van der Waals surface area (Å²) in [6.07, 6.45) is 3.85. The van der Waals surface area contributed by atoms with Crippen molar-refractivity contribution in [1.29, 1.82) is 0 Å². The highest BCUT2D eigenvalue weighted by molar-refractivity contribution is 5.80. The first kappa shape index (κ1) is 21.9. The summed E-state index contributed by atoms with van der Waals surface area (Å²) in [5, 5.41) is 0. The fourth-order valence-corrected chi connectivity index (χ4v) is 5.30. The molecule has 7 nitrogen and oxygen atoms in total. The van der Waals surface area contributed by atoms with Gasteiger partial charge in [-0.25, -0.2) is 4.79 Å². The lowest BCUT2D eigenvalue weighted by atomic mass is 9.93. The number of benzene rings is 1. The number of para-hydroxylation sites is 1.